The lowest BCUT2D eigenvalue weighted by atomic mass is 10.1. The Kier molecular flexibility index (Phi) is 2.08. The summed E-state index contributed by atoms with van der Waals surface area (Å²) in [6, 6.07) is 13.1. The Hall–Kier alpha value is -0.860. The molecule has 2 heteroatoms. The Labute approximate surface area is 101 Å². The summed E-state index contributed by atoms with van der Waals surface area (Å²) in [6.45, 7) is 2.14. The van der Waals surface area contributed by atoms with Gasteiger partial charge < -0.3 is 0 Å². The van der Waals surface area contributed by atoms with Gasteiger partial charge in [0.05, 0.1) is 0 Å². The third-order valence-corrected chi connectivity index (χ3v) is 4.20. The number of benzene rings is 2. The average Bonchev–Trinajstić information content (AvgIpc) is 2.53. The Morgan fingerprint density at radius 2 is 1.60 bits per heavy atom. The fourth-order valence-electron chi connectivity index (χ4n) is 1.86. The lowest BCUT2D eigenvalue weighted by molar-refractivity contribution is 1.52. The monoisotopic (exact) mass is 276 g/mol. The molecule has 0 nitrogen and oxygen atoms in total. The summed E-state index contributed by atoms with van der Waals surface area (Å²) >= 11 is 5.37. The van der Waals surface area contributed by atoms with Crippen LogP contribution in [-0.2, 0) is 0 Å². The van der Waals surface area contributed by atoms with Crippen molar-refractivity contribution in [2.75, 3.05) is 0 Å². The van der Waals surface area contributed by atoms with Gasteiger partial charge >= 0.3 is 0 Å². The Balaban J connectivity index is 2.51. The number of fused-ring (bicyclic) bond motifs is 3. The second-order valence-electron chi connectivity index (χ2n) is 3.74. The maximum atomic E-state index is 3.51. The first-order valence-electron chi connectivity index (χ1n) is 4.82. The Morgan fingerprint density at radius 3 is 2.40 bits per heavy atom. The zero-order valence-electron chi connectivity index (χ0n) is 8.25. The van der Waals surface area contributed by atoms with Gasteiger partial charge in [-0.15, -0.1) is 11.3 Å². The van der Waals surface area contributed by atoms with Crippen LogP contribution in [0.25, 0.3) is 20.2 Å². The van der Waals surface area contributed by atoms with E-state index in [1.54, 1.807) is 0 Å². The lowest BCUT2D eigenvalue weighted by Crippen LogP contribution is -1.69. The largest absolute Gasteiger partial charge is 0.135 e. The van der Waals surface area contributed by atoms with Crippen LogP contribution in [0.3, 0.4) is 0 Å². The van der Waals surface area contributed by atoms with Crippen LogP contribution in [0.1, 0.15) is 5.56 Å². The molecule has 0 saturated heterocycles. The van der Waals surface area contributed by atoms with Gasteiger partial charge in [0.25, 0.3) is 0 Å². The normalized spacial score (nSPS) is 11.3. The molecular weight excluding hydrogens is 268 g/mol. The summed E-state index contributed by atoms with van der Waals surface area (Å²) < 4.78 is 3.88. The van der Waals surface area contributed by atoms with E-state index in [1.165, 1.54) is 25.7 Å². The highest BCUT2D eigenvalue weighted by atomic mass is 79.9. The molecule has 0 saturated carbocycles. The van der Waals surface area contributed by atoms with Gasteiger partial charge in [0.15, 0.2) is 0 Å². The summed E-state index contributed by atoms with van der Waals surface area (Å²) in [5.74, 6) is 0. The first-order valence-corrected chi connectivity index (χ1v) is 6.43. The van der Waals surface area contributed by atoms with Crippen molar-refractivity contribution >= 4 is 47.4 Å². The molecule has 3 rings (SSSR count). The smallest absolute Gasteiger partial charge is 0.0366 e. The third-order valence-electron chi connectivity index (χ3n) is 2.59. The van der Waals surface area contributed by atoms with E-state index < -0.39 is 0 Å². The van der Waals surface area contributed by atoms with Gasteiger partial charge in [0.2, 0.25) is 0 Å². The van der Waals surface area contributed by atoms with Crippen molar-refractivity contribution in [1.82, 2.24) is 0 Å². The molecule has 0 fully saturated rings. The SMILES string of the molecule is Cc1ccc2c(c1)sc1cc(Br)ccc12. The molecule has 1 aromatic heterocycles. The second kappa shape index (κ2) is 3.32. The zero-order valence-corrected chi connectivity index (χ0v) is 10.7. The number of hydrogen-bond donors (Lipinski definition) is 0. The predicted octanol–water partition coefficient (Wildman–Crippen LogP) is 5.13. The molecule has 74 valence electrons. The fraction of sp³-hybridized carbons (Fsp3) is 0.0769. The van der Waals surface area contributed by atoms with Crippen LogP contribution in [0.2, 0.25) is 0 Å². The van der Waals surface area contributed by atoms with Crippen molar-refractivity contribution < 1.29 is 0 Å². The molecule has 0 unspecified atom stereocenters. The molecular formula is C13H9BrS. The van der Waals surface area contributed by atoms with Crippen LogP contribution >= 0.6 is 27.3 Å². The van der Waals surface area contributed by atoms with E-state index in [2.05, 4.69) is 59.3 Å². The van der Waals surface area contributed by atoms with E-state index in [-0.39, 0.29) is 0 Å². The fourth-order valence-corrected chi connectivity index (χ4v) is 3.61. The molecule has 0 radical (unpaired) electrons. The Morgan fingerprint density at radius 1 is 0.933 bits per heavy atom. The van der Waals surface area contributed by atoms with Gasteiger partial charge in [-0.2, -0.15) is 0 Å². The number of aryl methyl sites for hydroxylation is 1. The molecule has 0 amide bonds. The second-order valence-corrected chi connectivity index (χ2v) is 5.74. The average molecular weight is 277 g/mol. The van der Waals surface area contributed by atoms with E-state index >= 15 is 0 Å². The summed E-state index contributed by atoms with van der Waals surface area (Å²) in [6.07, 6.45) is 0. The summed E-state index contributed by atoms with van der Waals surface area (Å²) in [5, 5.41) is 2.73. The van der Waals surface area contributed by atoms with Crippen LogP contribution in [0.5, 0.6) is 0 Å². The lowest BCUT2D eigenvalue weighted by Gasteiger charge is -1.93. The predicted molar refractivity (Wildman–Crippen MR) is 71.8 cm³/mol. The molecule has 0 spiro atoms. The molecule has 1 heterocycles. The summed E-state index contributed by atoms with van der Waals surface area (Å²) in [4.78, 5) is 0. The summed E-state index contributed by atoms with van der Waals surface area (Å²) in [7, 11) is 0. The molecule has 0 aliphatic carbocycles. The van der Waals surface area contributed by atoms with Gasteiger partial charge in [0, 0.05) is 24.6 Å². The van der Waals surface area contributed by atoms with Crippen LogP contribution < -0.4 is 0 Å². The number of hydrogen-bond acceptors (Lipinski definition) is 1. The molecule has 0 aliphatic heterocycles. The van der Waals surface area contributed by atoms with Gasteiger partial charge in [-0.3, -0.25) is 0 Å². The van der Waals surface area contributed by atoms with E-state index in [4.69, 9.17) is 0 Å². The maximum Gasteiger partial charge on any atom is 0.0366 e. The van der Waals surface area contributed by atoms with Crippen molar-refractivity contribution in [3.05, 3.63) is 46.4 Å². The zero-order chi connectivity index (χ0) is 10.4. The van der Waals surface area contributed by atoms with Crippen LogP contribution in [-0.4, -0.2) is 0 Å². The molecule has 0 aliphatic rings. The molecule has 2 aromatic carbocycles. The first-order chi connectivity index (χ1) is 7.24. The van der Waals surface area contributed by atoms with Gasteiger partial charge in [0.1, 0.15) is 0 Å². The van der Waals surface area contributed by atoms with Crippen LogP contribution in [0.15, 0.2) is 40.9 Å². The third kappa shape index (κ3) is 1.48. The molecule has 0 bridgehead atoms. The quantitative estimate of drug-likeness (QED) is 0.534. The van der Waals surface area contributed by atoms with Crippen molar-refractivity contribution in [3.63, 3.8) is 0 Å². The molecule has 15 heavy (non-hydrogen) atoms. The highest BCUT2D eigenvalue weighted by Crippen LogP contribution is 2.35. The van der Waals surface area contributed by atoms with Crippen molar-refractivity contribution in [2.24, 2.45) is 0 Å². The maximum absolute atomic E-state index is 3.51. The van der Waals surface area contributed by atoms with E-state index in [9.17, 15) is 0 Å². The molecule has 3 aromatic rings. The minimum Gasteiger partial charge on any atom is -0.135 e. The van der Waals surface area contributed by atoms with Gasteiger partial charge in [-0.1, -0.05) is 34.1 Å². The van der Waals surface area contributed by atoms with Crippen molar-refractivity contribution in [1.29, 1.82) is 0 Å². The minimum atomic E-state index is 1.15. The summed E-state index contributed by atoms with van der Waals surface area (Å²) in [5.41, 5.74) is 1.33. The highest BCUT2D eigenvalue weighted by Gasteiger charge is 2.04. The Bertz CT molecular complexity index is 596. The topological polar surface area (TPSA) is 0 Å². The first kappa shape index (κ1) is 9.37. The van der Waals surface area contributed by atoms with Crippen LogP contribution in [0.4, 0.5) is 0 Å². The van der Waals surface area contributed by atoms with Crippen molar-refractivity contribution in [2.45, 2.75) is 6.92 Å². The van der Waals surface area contributed by atoms with E-state index in [0.29, 0.717) is 0 Å². The highest BCUT2D eigenvalue weighted by molar-refractivity contribution is 9.10. The number of rotatable bonds is 0. The van der Waals surface area contributed by atoms with Crippen LogP contribution in [0, 0.1) is 6.92 Å². The molecule has 0 atom stereocenters. The van der Waals surface area contributed by atoms with E-state index in [1.807, 2.05) is 11.3 Å². The standard InChI is InChI=1S/C13H9BrS/c1-8-2-4-10-11-5-3-9(14)7-13(11)15-12(10)6-8/h2-7H,1H3. The van der Waals surface area contributed by atoms with E-state index in [0.717, 1.165) is 4.47 Å². The number of halogens is 1. The molecule has 0 N–H and O–H groups in total. The van der Waals surface area contributed by atoms with Crippen molar-refractivity contribution in [3.8, 4) is 0 Å². The van der Waals surface area contributed by atoms with Gasteiger partial charge in [-0.25, -0.2) is 0 Å². The minimum absolute atomic E-state index is 1.15. The number of thiophene rings is 1. The van der Waals surface area contributed by atoms with Gasteiger partial charge in [-0.05, 0) is 30.7 Å².